The Labute approximate surface area is 229 Å². The molecule has 0 saturated heterocycles. The Morgan fingerprint density at radius 2 is 1.62 bits per heavy atom. The fourth-order valence-corrected chi connectivity index (χ4v) is 4.14. The fourth-order valence-electron chi connectivity index (χ4n) is 2.97. The molecule has 0 heterocycles. The zero-order chi connectivity index (χ0) is 28.3. The highest BCUT2D eigenvalue weighted by Crippen LogP contribution is 2.42. The first-order valence-electron chi connectivity index (χ1n) is 9.88. The molecule has 0 spiro atoms. The van der Waals surface area contributed by atoms with Gasteiger partial charge in [-0.05, 0) is 51.8 Å². The second kappa shape index (κ2) is 12.2. The van der Waals surface area contributed by atoms with Crippen molar-refractivity contribution in [2.24, 2.45) is 0 Å². The van der Waals surface area contributed by atoms with Gasteiger partial charge in [-0.2, -0.15) is 26.3 Å². The average Bonchev–Trinajstić information content (AvgIpc) is 2.76. The summed E-state index contributed by atoms with van der Waals surface area (Å²) in [6.07, 6.45) is -9.25. The highest BCUT2D eigenvalue weighted by atomic mass is 79.9. The summed E-state index contributed by atoms with van der Waals surface area (Å²) >= 11 is 20.4. The fraction of sp³-hybridized carbons (Fsp3) is 0.273. The van der Waals surface area contributed by atoms with E-state index in [2.05, 4.69) is 21.2 Å². The Balaban J connectivity index is 2.24. The Morgan fingerprint density at radius 3 is 2.11 bits per heavy atom. The van der Waals surface area contributed by atoms with Crippen LogP contribution in [0.2, 0.25) is 15.1 Å². The van der Waals surface area contributed by atoms with Crippen LogP contribution in [-0.4, -0.2) is 49.2 Å². The van der Waals surface area contributed by atoms with Crippen LogP contribution >= 0.6 is 50.7 Å². The lowest BCUT2D eigenvalue weighted by molar-refractivity contribution is -0.157. The molecule has 0 aromatic heterocycles. The van der Waals surface area contributed by atoms with Crippen LogP contribution in [0, 0.1) is 0 Å². The third-order valence-corrected chi connectivity index (χ3v) is 6.62. The van der Waals surface area contributed by atoms with E-state index in [-0.39, 0.29) is 30.7 Å². The summed E-state index contributed by atoms with van der Waals surface area (Å²) in [7, 11) is 0.905. The van der Waals surface area contributed by atoms with Crippen molar-refractivity contribution in [3.8, 4) is 0 Å². The van der Waals surface area contributed by atoms with E-state index in [1.54, 1.807) is 0 Å². The molecular weight excluding hydrogens is 644 g/mol. The minimum absolute atomic E-state index is 0.0525. The number of amides is 2. The maximum absolute atomic E-state index is 14.9. The van der Waals surface area contributed by atoms with Crippen LogP contribution in [0.25, 0.3) is 5.83 Å². The van der Waals surface area contributed by atoms with Gasteiger partial charge in [-0.15, -0.1) is 0 Å². The van der Waals surface area contributed by atoms with Crippen molar-refractivity contribution >= 4 is 68.4 Å². The number of alkyl halides is 6. The van der Waals surface area contributed by atoms with E-state index in [0.717, 1.165) is 37.4 Å². The summed E-state index contributed by atoms with van der Waals surface area (Å²) in [4.78, 5) is 24.5. The molecule has 0 radical (unpaired) electrons. The van der Waals surface area contributed by atoms with Gasteiger partial charge in [-0.25, -0.2) is 4.39 Å². The highest BCUT2D eigenvalue weighted by molar-refractivity contribution is 9.10. The van der Waals surface area contributed by atoms with Crippen molar-refractivity contribution < 1.29 is 40.3 Å². The summed E-state index contributed by atoms with van der Waals surface area (Å²) in [5, 5.41) is 1.45. The van der Waals surface area contributed by atoms with Crippen molar-refractivity contribution in [1.82, 2.24) is 10.2 Å². The lowest BCUT2D eigenvalue weighted by atomic mass is 9.96. The molecule has 1 atom stereocenters. The third kappa shape index (κ3) is 8.76. The summed E-state index contributed by atoms with van der Waals surface area (Å²) < 4.78 is 93.1. The number of halogens is 11. The van der Waals surface area contributed by atoms with Gasteiger partial charge in [0.25, 0.3) is 5.91 Å². The average molecular weight is 659 g/mol. The minimum Gasteiger partial charge on any atom is -0.343 e. The normalized spacial score (nSPS) is 13.4. The molecule has 2 aromatic carbocycles. The Kier molecular flexibility index (Phi) is 10.3. The molecule has 2 rings (SSSR count). The Hall–Kier alpha value is -2.02. The van der Waals surface area contributed by atoms with E-state index in [1.165, 1.54) is 0 Å². The number of nitrogens with one attached hydrogen (secondary N) is 1. The van der Waals surface area contributed by atoms with Gasteiger partial charge in [0.15, 0.2) is 0 Å². The number of hydrogen-bond acceptors (Lipinski definition) is 2. The molecule has 1 N–H and O–H groups in total. The van der Waals surface area contributed by atoms with E-state index < -0.39 is 54.6 Å². The molecule has 2 amide bonds. The third-order valence-electron chi connectivity index (χ3n) is 4.76. The second-order valence-electron chi connectivity index (χ2n) is 7.57. The zero-order valence-electron chi connectivity index (χ0n) is 18.4. The van der Waals surface area contributed by atoms with Crippen LogP contribution in [0.15, 0.2) is 40.9 Å². The van der Waals surface area contributed by atoms with Crippen molar-refractivity contribution in [3.05, 3.63) is 72.6 Å². The number of rotatable bonds is 7. The Bertz CT molecular complexity index is 1200. The molecule has 0 fully saturated rings. The van der Waals surface area contributed by atoms with Crippen molar-refractivity contribution in [2.75, 3.05) is 20.1 Å². The van der Waals surface area contributed by atoms with Crippen LogP contribution in [0.3, 0.4) is 0 Å². The first kappa shape index (κ1) is 31.2. The molecule has 0 bridgehead atoms. The lowest BCUT2D eigenvalue weighted by Crippen LogP contribution is -2.42. The van der Waals surface area contributed by atoms with E-state index in [9.17, 15) is 40.3 Å². The maximum atomic E-state index is 14.9. The molecule has 202 valence electrons. The van der Waals surface area contributed by atoms with Gasteiger partial charge in [0.05, 0.1) is 27.2 Å². The van der Waals surface area contributed by atoms with Crippen molar-refractivity contribution in [1.29, 1.82) is 0 Å². The summed E-state index contributed by atoms with van der Waals surface area (Å²) in [6, 6.07) is 4.92. The van der Waals surface area contributed by atoms with Crippen molar-refractivity contribution in [3.63, 3.8) is 0 Å². The zero-order valence-corrected chi connectivity index (χ0v) is 22.2. The molecule has 15 heteroatoms. The van der Waals surface area contributed by atoms with Gasteiger partial charge in [0.1, 0.15) is 18.3 Å². The summed E-state index contributed by atoms with van der Waals surface area (Å²) in [5.41, 5.74) is -0.937. The largest absolute Gasteiger partial charge is 0.406 e. The first-order chi connectivity index (χ1) is 16.9. The van der Waals surface area contributed by atoms with Crippen LogP contribution in [-0.2, 0) is 4.79 Å². The monoisotopic (exact) mass is 656 g/mol. The predicted molar refractivity (Wildman–Crippen MR) is 130 cm³/mol. The van der Waals surface area contributed by atoms with Gasteiger partial charge in [0, 0.05) is 17.1 Å². The van der Waals surface area contributed by atoms with Crippen LogP contribution in [0.5, 0.6) is 0 Å². The quantitative estimate of drug-likeness (QED) is 0.244. The second-order valence-corrected chi connectivity index (χ2v) is 9.62. The number of likely N-dealkylation sites (N-methyl/N-ethyl adjacent to an activating group) is 1. The maximum Gasteiger partial charge on any atom is 0.406 e. The molecule has 37 heavy (non-hydrogen) atoms. The number of carbonyl (C=O) groups is 2. The van der Waals surface area contributed by atoms with Crippen LogP contribution in [0.1, 0.15) is 27.4 Å². The Morgan fingerprint density at radius 1 is 1.05 bits per heavy atom. The molecule has 1 unspecified atom stereocenters. The van der Waals surface area contributed by atoms with Gasteiger partial charge < -0.3 is 10.2 Å². The lowest BCUT2D eigenvalue weighted by Gasteiger charge is -2.19. The predicted octanol–water partition coefficient (Wildman–Crippen LogP) is 7.82. The minimum atomic E-state index is -4.93. The number of carbonyl (C=O) groups excluding carboxylic acids is 2. The molecule has 2 aromatic rings. The summed E-state index contributed by atoms with van der Waals surface area (Å²) in [5.74, 6) is -5.65. The van der Waals surface area contributed by atoms with Crippen molar-refractivity contribution in [2.45, 2.75) is 18.3 Å². The highest BCUT2D eigenvalue weighted by Gasteiger charge is 2.40. The van der Waals surface area contributed by atoms with Crippen LogP contribution < -0.4 is 5.32 Å². The van der Waals surface area contributed by atoms with Gasteiger partial charge in [-0.1, -0.05) is 40.9 Å². The topological polar surface area (TPSA) is 49.4 Å². The molecule has 0 aliphatic rings. The van der Waals surface area contributed by atoms with E-state index in [1.807, 2.05) is 0 Å². The van der Waals surface area contributed by atoms with Gasteiger partial charge in [-0.3, -0.25) is 9.59 Å². The van der Waals surface area contributed by atoms with Gasteiger partial charge in [0.2, 0.25) is 5.91 Å². The first-order valence-corrected chi connectivity index (χ1v) is 11.8. The van der Waals surface area contributed by atoms with Crippen LogP contribution in [0.4, 0.5) is 30.7 Å². The molecule has 4 nitrogen and oxygen atoms in total. The van der Waals surface area contributed by atoms with Gasteiger partial charge >= 0.3 is 12.4 Å². The molecule has 0 aliphatic heterocycles. The summed E-state index contributed by atoms with van der Waals surface area (Å²) in [6.45, 7) is -2.27. The van der Waals surface area contributed by atoms with E-state index >= 15 is 0 Å². The SMILES string of the molecule is CN(CC(F)(F)F)C(=O)CNC(=O)c1ccc(/C(F)=C/C(c2cc(Cl)c(Cl)c(Cl)c2)C(F)(F)F)cc1Br. The molecule has 0 saturated carbocycles. The number of allylic oxidation sites excluding steroid dienone is 1. The number of hydrogen-bond donors (Lipinski definition) is 1. The molecule has 0 aliphatic carbocycles. The molecular formula is C22H15BrCl3F7N2O2. The standard InChI is InChI=1S/C22H15BrCl3F7N2O2/c1-35(9-21(28,29)30)18(36)8-34-20(37)12-3-2-10(4-14(12)23)17(27)7-13(22(31,32)33)11-5-15(24)19(26)16(25)6-11/h2-7,13H,8-9H2,1H3,(H,34,37)/b17-7-. The number of benzene rings is 2. The van der Waals surface area contributed by atoms with E-state index in [4.69, 9.17) is 34.8 Å². The number of nitrogens with zero attached hydrogens (tertiary/aromatic N) is 1. The van der Waals surface area contributed by atoms with E-state index in [0.29, 0.717) is 11.0 Å². The smallest absolute Gasteiger partial charge is 0.343 e.